The van der Waals surface area contributed by atoms with Gasteiger partial charge in [-0.05, 0) is 37.3 Å². The lowest BCUT2D eigenvalue weighted by Gasteiger charge is -2.24. The first-order chi connectivity index (χ1) is 8.84. The quantitative estimate of drug-likeness (QED) is 0.726. The summed E-state index contributed by atoms with van der Waals surface area (Å²) in [5, 5.41) is 0. The van der Waals surface area contributed by atoms with Crippen LogP contribution in [0.25, 0.3) is 0 Å². The highest BCUT2D eigenvalue weighted by Gasteiger charge is 2.15. The molecule has 0 N–H and O–H groups in total. The molecule has 0 amide bonds. The van der Waals surface area contributed by atoms with E-state index in [9.17, 15) is 0 Å². The van der Waals surface area contributed by atoms with Crippen LogP contribution in [0.15, 0.2) is 35.2 Å². The first-order valence-electron chi connectivity index (χ1n) is 6.75. The lowest BCUT2D eigenvalue weighted by molar-refractivity contribution is -0.167. The molecule has 1 aromatic carbocycles. The summed E-state index contributed by atoms with van der Waals surface area (Å²) in [6.45, 7) is 3.89. The molecule has 0 saturated carbocycles. The van der Waals surface area contributed by atoms with Gasteiger partial charge in [0, 0.05) is 17.3 Å². The van der Waals surface area contributed by atoms with Gasteiger partial charge in [0.25, 0.3) is 0 Å². The van der Waals surface area contributed by atoms with Gasteiger partial charge in [-0.3, -0.25) is 0 Å². The molecule has 18 heavy (non-hydrogen) atoms. The molecule has 0 bridgehead atoms. The first-order valence-corrected chi connectivity index (χ1v) is 7.74. The van der Waals surface area contributed by atoms with Gasteiger partial charge >= 0.3 is 0 Å². The minimum Gasteiger partial charge on any atom is -0.353 e. The van der Waals surface area contributed by atoms with Crippen molar-refractivity contribution in [3.63, 3.8) is 0 Å². The normalized spacial score (nSPS) is 21.7. The second kappa shape index (κ2) is 7.82. The van der Waals surface area contributed by atoms with E-state index >= 15 is 0 Å². The maximum atomic E-state index is 5.80. The topological polar surface area (TPSA) is 18.5 Å². The standard InChI is InChI=1S/C15H22O2S/c1-13(11-17-15-9-5-6-10-16-15)12-18-14-7-3-2-4-8-14/h2-4,7-8,13,15H,5-6,9-12H2,1H3/t13-,15?/m1/s1. The minimum atomic E-state index is 0.0444. The molecule has 1 saturated heterocycles. The van der Waals surface area contributed by atoms with Gasteiger partial charge in [0.05, 0.1) is 6.61 Å². The molecule has 0 aliphatic carbocycles. The molecule has 1 heterocycles. The van der Waals surface area contributed by atoms with Gasteiger partial charge in [-0.1, -0.05) is 25.1 Å². The van der Waals surface area contributed by atoms with Crippen molar-refractivity contribution in [2.75, 3.05) is 19.0 Å². The molecular formula is C15H22O2S. The fourth-order valence-corrected chi connectivity index (χ4v) is 2.84. The predicted molar refractivity (Wildman–Crippen MR) is 75.9 cm³/mol. The van der Waals surface area contributed by atoms with Crippen LogP contribution in [0.3, 0.4) is 0 Å². The fourth-order valence-electron chi connectivity index (χ4n) is 1.92. The van der Waals surface area contributed by atoms with Crippen LogP contribution in [0.4, 0.5) is 0 Å². The molecule has 2 atom stereocenters. The SMILES string of the molecule is C[C@H](COC1CCCCO1)CSc1ccccc1. The molecule has 2 nitrogen and oxygen atoms in total. The molecule has 1 aliphatic heterocycles. The number of hydrogen-bond acceptors (Lipinski definition) is 3. The molecule has 100 valence electrons. The lowest BCUT2D eigenvalue weighted by Crippen LogP contribution is -2.24. The summed E-state index contributed by atoms with van der Waals surface area (Å²) in [7, 11) is 0. The van der Waals surface area contributed by atoms with E-state index < -0.39 is 0 Å². The second-order valence-corrected chi connectivity index (χ2v) is 5.95. The highest BCUT2D eigenvalue weighted by Crippen LogP contribution is 2.21. The zero-order valence-corrected chi connectivity index (χ0v) is 11.8. The number of ether oxygens (including phenoxy) is 2. The maximum Gasteiger partial charge on any atom is 0.157 e. The first kappa shape index (κ1) is 13.9. The van der Waals surface area contributed by atoms with E-state index in [1.165, 1.54) is 17.7 Å². The van der Waals surface area contributed by atoms with Crippen molar-refractivity contribution in [1.29, 1.82) is 0 Å². The molecule has 2 rings (SSSR count). The molecular weight excluding hydrogens is 244 g/mol. The molecule has 1 aliphatic rings. The molecule has 3 heteroatoms. The van der Waals surface area contributed by atoms with Crippen LogP contribution in [0.5, 0.6) is 0 Å². The van der Waals surface area contributed by atoms with Crippen molar-refractivity contribution in [3.8, 4) is 0 Å². The Hall–Kier alpha value is -0.510. The predicted octanol–water partition coefficient (Wildman–Crippen LogP) is 3.96. The van der Waals surface area contributed by atoms with Crippen molar-refractivity contribution < 1.29 is 9.47 Å². The van der Waals surface area contributed by atoms with Gasteiger partial charge < -0.3 is 9.47 Å². The molecule has 1 unspecified atom stereocenters. The molecule has 0 aromatic heterocycles. The lowest BCUT2D eigenvalue weighted by atomic mass is 10.2. The largest absolute Gasteiger partial charge is 0.353 e. The summed E-state index contributed by atoms with van der Waals surface area (Å²) in [5.41, 5.74) is 0. The third kappa shape index (κ3) is 5.01. The average Bonchev–Trinajstić information content (AvgIpc) is 2.45. The van der Waals surface area contributed by atoms with Gasteiger partial charge in [-0.2, -0.15) is 0 Å². The molecule has 0 spiro atoms. The Kier molecular flexibility index (Phi) is 6.05. The Morgan fingerprint density at radius 3 is 2.89 bits per heavy atom. The Balaban J connectivity index is 1.61. The number of hydrogen-bond donors (Lipinski definition) is 0. The summed E-state index contributed by atoms with van der Waals surface area (Å²) in [4.78, 5) is 1.33. The third-order valence-corrected chi connectivity index (χ3v) is 4.32. The van der Waals surface area contributed by atoms with Crippen molar-refractivity contribution >= 4 is 11.8 Å². The minimum absolute atomic E-state index is 0.0444. The van der Waals surface area contributed by atoms with E-state index in [-0.39, 0.29) is 6.29 Å². The molecule has 1 aromatic rings. The molecule has 1 fully saturated rings. The Morgan fingerprint density at radius 1 is 1.33 bits per heavy atom. The van der Waals surface area contributed by atoms with Crippen molar-refractivity contribution in [3.05, 3.63) is 30.3 Å². The summed E-state index contributed by atoms with van der Waals surface area (Å²) in [5.74, 6) is 1.65. The van der Waals surface area contributed by atoms with Crippen molar-refractivity contribution in [1.82, 2.24) is 0 Å². The third-order valence-electron chi connectivity index (χ3n) is 2.98. The van der Waals surface area contributed by atoms with Crippen LogP contribution in [-0.2, 0) is 9.47 Å². The van der Waals surface area contributed by atoms with Gasteiger partial charge in [-0.25, -0.2) is 0 Å². The van der Waals surface area contributed by atoms with Crippen LogP contribution in [0.1, 0.15) is 26.2 Å². The van der Waals surface area contributed by atoms with Gasteiger partial charge in [0.1, 0.15) is 0 Å². The Bertz CT molecular complexity index is 323. The summed E-state index contributed by atoms with van der Waals surface area (Å²) in [6, 6.07) is 10.5. The van der Waals surface area contributed by atoms with Gasteiger partial charge in [-0.15, -0.1) is 11.8 Å². The summed E-state index contributed by atoms with van der Waals surface area (Å²) >= 11 is 1.89. The van der Waals surface area contributed by atoms with Crippen LogP contribution < -0.4 is 0 Å². The van der Waals surface area contributed by atoms with Crippen LogP contribution in [0, 0.1) is 5.92 Å². The monoisotopic (exact) mass is 266 g/mol. The second-order valence-electron chi connectivity index (χ2n) is 4.86. The number of rotatable bonds is 6. The van der Waals surface area contributed by atoms with E-state index in [0.717, 1.165) is 25.4 Å². The van der Waals surface area contributed by atoms with E-state index in [4.69, 9.17) is 9.47 Å². The van der Waals surface area contributed by atoms with E-state index in [1.54, 1.807) is 0 Å². The summed E-state index contributed by atoms with van der Waals surface area (Å²) in [6.07, 6.45) is 3.51. The number of benzene rings is 1. The average molecular weight is 266 g/mol. The fraction of sp³-hybridized carbons (Fsp3) is 0.600. The van der Waals surface area contributed by atoms with E-state index in [1.807, 2.05) is 11.8 Å². The zero-order chi connectivity index (χ0) is 12.6. The van der Waals surface area contributed by atoms with Crippen LogP contribution in [-0.4, -0.2) is 25.3 Å². The van der Waals surface area contributed by atoms with Crippen LogP contribution >= 0.6 is 11.8 Å². The summed E-state index contributed by atoms with van der Waals surface area (Å²) < 4.78 is 11.4. The highest BCUT2D eigenvalue weighted by atomic mass is 32.2. The molecule has 0 radical (unpaired) electrons. The maximum absolute atomic E-state index is 5.80. The van der Waals surface area contributed by atoms with Gasteiger partial charge in [0.15, 0.2) is 6.29 Å². The number of thioether (sulfide) groups is 1. The highest BCUT2D eigenvalue weighted by molar-refractivity contribution is 7.99. The van der Waals surface area contributed by atoms with Crippen LogP contribution in [0.2, 0.25) is 0 Å². The van der Waals surface area contributed by atoms with E-state index in [2.05, 4.69) is 37.3 Å². The Morgan fingerprint density at radius 2 is 2.17 bits per heavy atom. The zero-order valence-electron chi connectivity index (χ0n) is 11.0. The van der Waals surface area contributed by atoms with Crippen molar-refractivity contribution in [2.24, 2.45) is 5.92 Å². The van der Waals surface area contributed by atoms with Gasteiger partial charge in [0.2, 0.25) is 0 Å². The van der Waals surface area contributed by atoms with E-state index in [0.29, 0.717) is 5.92 Å². The smallest absolute Gasteiger partial charge is 0.157 e. The van der Waals surface area contributed by atoms with Crippen molar-refractivity contribution in [2.45, 2.75) is 37.4 Å². The Labute approximate surface area is 114 Å².